The fraction of sp³-hybridized carbons (Fsp3) is 0.706. The van der Waals surface area contributed by atoms with Crippen molar-refractivity contribution in [2.75, 3.05) is 39.5 Å². The number of ether oxygens (including phenoxy) is 2. The Hall–Kier alpha value is -0.950. The van der Waals surface area contributed by atoms with Crippen LogP contribution in [-0.4, -0.2) is 50.0 Å². The third-order valence-electron chi connectivity index (χ3n) is 4.09. The number of aromatic nitrogens is 1. The molecule has 1 unspecified atom stereocenters. The van der Waals surface area contributed by atoms with Crippen molar-refractivity contribution in [3.8, 4) is 0 Å². The zero-order valence-electron chi connectivity index (χ0n) is 15.0. The number of nitrogens with zero attached hydrogens (tertiary/aromatic N) is 2. The van der Waals surface area contributed by atoms with Crippen LogP contribution in [0.5, 0.6) is 0 Å². The molecule has 0 saturated carbocycles. The molecule has 1 aliphatic heterocycles. The molecule has 1 fully saturated rings. The van der Waals surface area contributed by atoms with Gasteiger partial charge in [0.15, 0.2) is 5.96 Å². The van der Waals surface area contributed by atoms with Gasteiger partial charge >= 0.3 is 0 Å². The molecule has 0 bridgehead atoms. The maximum Gasteiger partial charge on any atom is 0.191 e. The predicted molar refractivity (Wildman–Crippen MR) is 103 cm³/mol. The van der Waals surface area contributed by atoms with Gasteiger partial charge < -0.3 is 24.7 Å². The SMILES string of the molecule is CCNC(=NCc1cc(Cl)c(Cl)n1C)NCCCOCC1CCOC1. The lowest BCUT2D eigenvalue weighted by Gasteiger charge is -2.12. The molecule has 0 aromatic carbocycles. The summed E-state index contributed by atoms with van der Waals surface area (Å²) < 4.78 is 12.9. The van der Waals surface area contributed by atoms with Crippen LogP contribution in [0.2, 0.25) is 10.2 Å². The number of hydrogen-bond donors (Lipinski definition) is 2. The summed E-state index contributed by atoms with van der Waals surface area (Å²) >= 11 is 12.1. The molecule has 1 aromatic rings. The molecule has 25 heavy (non-hydrogen) atoms. The lowest BCUT2D eigenvalue weighted by molar-refractivity contribution is 0.0888. The van der Waals surface area contributed by atoms with Gasteiger partial charge in [0.2, 0.25) is 0 Å². The van der Waals surface area contributed by atoms with Crippen LogP contribution in [0.15, 0.2) is 11.1 Å². The predicted octanol–water partition coefficient (Wildman–Crippen LogP) is 2.83. The highest BCUT2D eigenvalue weighted by Gasteiger charge is 2.15. The first-order chi connectivity index (χ1) is 12.1. The van der Waals surface area contributed by atoms with Gasteiger partial charge in [0, 0.05) is 45.0 Å². The van der Waals surface area contributed by atoms with Crippen molar-refractivity contribution in [1.82, 2.24) is 15.2 Å². The van der Waals surface area contributed by atoms with E-state index in [0.717, 1.165) is 64.0 Å². The van der Waals surface area contributed by atoms with Crippen LogP contribution >= 0.6 is 23.2 Å². The van der Waals surface area contributed by atoms with E-state index in [1.54, 1.807) is 0 Å². The van der Waals surface area contributed by atoms with E-state index in [2.05, 4.69) is 15.6 Å². The summed E-state index contributed by atoms with van der Waals surface area (Å²) in [4.78, 5) is 4.58. The van der Waals surface area contributed by atoms with Gasteiger partial charge in [-0.3, -0.25) is 0 Å². The van der Waals surface area contributed by atoms with E-state index in [1.807, 2.05) is 24.6 Å². The first kappa shape index (κ1) is 20.4. The number of aliphatic imine (C=N–C) groups is 1. The molecule has 1 saturated heterocycles. The summed E-state index contributed by atoms with van der Waals surface area (Å²) in [6.45, 7) is 7.41. The van der Waals surface area contributed by atoms with Gasteiger partial charge in [-0.2, -0.15) is 0 Å². The topological polar surface area (TPSA) is 59.8 Å². The zero-order valence-corrected chi connectivity index (χ0v) is 16.5. The van der Waals surface area contributed by atoms with Crippen molar-refractivity contribution in [3.63, 3.8) is 0 Å². The number of halogens is 2. The quantitative estimate of drug-likeness (QED) is 0.386. The Morgan fingerprint density at radius 1 is 1.44 bits per heavy atom. The number of guanidine groups is 1. The standard InChI is InChI=1S/C17H28Cl2N4O2/c1-3-20-17(22-10-14-9-15(18)16(19)23(14)2)21-6-4-7-24-11-13-5-8-25-12-13/h9,13H,3-8,10-12H2,1-2H3,(H2,20,21,22). The van der Waals surface area contributed by atoms with E-state index < -0.39 is 0 Å². The molecular weight excluding hydrogens is 363 g/mol. The maximum absolute atomic E-state index is 6.08. The van der Waals surface area contributed by atoms with Crippen molar-refractivity contribution >= 4 is 29.2 Å². The van der Waals surface area contributed by atoms with E-state index in [4.69, 9.17) is 32.7 Å². The second-order valence-corrected chi connectivity index (χ2v) is 6.88. The molecule has 0 aliphatic carbocycles. The Balaban J connectivity index is 1.69. The van der Waals surface area contributed by atoms with Crippen LogP contribution in [0.25, 0.3) is 0 Å². The number of nitrogens with one attached hydrogen (secondary N) is 2. The number of rotatable bonds is 9. The first-order valence-corrected chi connectivity index (χ1v) is 9.54. The lowest BCUT2D eigenvalue weighted by Crippen LogP contribution is -2.38. The summed E-state index contributed by atoms with van der Waals surface area (Å²) in [6, 6.07) is 1.84. The molecule has 142 valence electrons. The highest BCUT2D eigenvalue weighted by Crippen LogP contribution is 2.25. The van der Waals surface area contributed by atoms with E-state index in [0.29, 0.717) is 22.6 Å². The zero-order chi connectivity index (χ0) is 18.1. The molecule has 1 aromatic heterocycles. The largest absolute Gasteiger partial charge is 0.381 e. The Morgan fingerprint density at radius 3 is 2.92 bits per heavy atom. The molecule has 6 nitrogen and oxygen atoms in total. The molecule has 0 spiro atoms. The van der Waals surface area contributed by atoms with E-state index in [1.165, 1.54) is 0 Å². The molecule has 2 heterocycles. The average molecular weight is 391 g/mol. The lowest BCUT2D eigenvalue weighted by atomic mass is 10.1. The van der Waals surface area contributed by atoms with Crippen molar-refractivity contribution in [3.05, 3.63) is 21.9 Å². The van der Waals surface area contributed by atoms with E-state index in [9.17, 15) is 0 Å². The monoisotopic (exact) mass is 390 g/mol. The summed E-state index contributed by atoms with van der Waals surface area (Å²) in [7, 11) is 1.88. The van der Waals surface area contributed by atoms with Crippen molar-refractivity contribution in [2.45, 2.75) is 26.3 Å². The van der Waals surface area contributed by atoms with Crippen molar-refractivity contribution in [1.29, 1.82) is 0 Å². The fourth-order valence-electron chi connectivity index (χ4n) is 2.59. The van der Waals surface area contributed by atoms with Gasteiger partial charge in [0.25, 0.3) is 0 Å². The van der Waals surface area contributed by atoms with Crippen LogP contribution in [0.3, 0.4) is 0 Å². The highest BCUT2D eigenvalue weighted by molar-refractivity contribution is 6.41. The smallest absolute Gasteiger partial charge is 0.191 e. The Labute approximate surface area is 159 Å². The minimum Gasteiger partial charge on any atom is -0.381 e. The van der Waals surface area contributed by atoms with Gasteiger partial charge in [-0.25, -0.2) is 4.99 Å². The second kappa shape index (κ2) is 10.9. The van der Waals surface area contributed by atoms with Crippen molar-refractivity contribution < 1.29 is 9.47 Å². The van der Waals surface area contributed by atoms with Gasteiger partial charge in [0.1, 0.15) is 5.15 Å². The Morgan fingerprint density at radius 2 is 2.28 bits per heavy atom. The van der Waals surface area contributed by atoms with Gasteiger partial charge in [-0.15, -0.1) is 0 Å². The molecule has 2 N–H and O–H groups in total. The highest BCUT2D eigenvalue weighted by atomic mass is 35.5. The first-order valence-electron chi connectivity index (χ1n) is 8.79. The summed E-state index contributed by atoms with van der Waals surface area (Å²) in [5.41, 5.74) is 0.967. The Bertz CT molecular complexity index is 557. The molecule has 0 radical (unpaired) electrons. The van der Waals surface area contributed by atoms with Crippen LogP contribution in [0, 0.1) is 5.92 Å². The maximum atomic E-state index is 6.08. The van der Waals surface area contributed by atoms with Crippen LogP contribution < -0.4 is 10.6 Å². The second-order valence-electron chi connectivity index (χ2n) is 6.11. The molecule has 1 atom stereocenters. The van der Waals surface area contributed by atoms with Crippen LogP contribution in [-0.2, 0) is 23.1 Å². The molecule has 1 aliphatic rings. The van der Waals surface area contributed by atoms with E-state index >= 15 is 0 Å². The normalized spacial score (nSPS) is 17.9. The molecule has 8 heteroatoms. The third-order valence-corrected chi connectivity index (χ3v) is 4.94. The van der Waals surface area contributed by atoms with Gasteiger partial charge in [-0.1, -0.05) is 23.2 Å². The Kier molecular flexibility index (Phi) is 8.89. The number of hydrogen-bond acceptors (Lipinski definition) is 3. The fourth-order valence-corrected chi connectivity index (χ4v) is 3.00. The summed E-state index contributed by atoms with van der Waals surface area (Å²) in [6.07, 6.45) is 2.04. The molecule has 0 amide bonds. The van der Waals surface area contributed by atoms with E-state index in [-0.39, 0.29) is 0 Å². The summed E-state index contributed by atoms with van der Waals surface area (Å²) in [5.74, 6) is 1.34. The van der Waals surface area contributed by atoms with Gasteiger partial charge in [-0.05, 0) is 25.8 Å². The minimum atomic E-state index is 0.510. The summed E-state index contributed by atoms with van der Waals surface area (Å²) in [5, 5.41) is 7.64. The molecular formula is C17H28Cl2N4O2. The minimum absolute atomic E-state index is 0.510. The molecule has 2 rings (SSSR count). The van der Waals surface area contributed by atoms with Crippen LogP contribution in [0.1, 0.15) is 25.5 Å². The third kappa shape index (κ3) is 6.70. The van der Waals surface area contributed by atoms with Crippen LogP contribution in [0.4, 0.5) is 0 Å². The van der Waals surface area contributed by atoms with Crippen molar-refractivity contribution in [2.24, 2.45) is 18.0 Å². The average Bonchev–Trinajstić information content (AvgIpc) is 3.20. The van der Waals surface area contributed by atoms with Gasteiger partial charge in [0.05, 0.1) is 24.8 Å².